The first kappa shape index (κ1) is 27.1. The molecule has 2 aromatic carbocycles. The molecule has 0 amide bonds. The maximum Gasteiger partial charge on any atom is 0.123 e. The van der Waals surface area contributed by atoms with Crippen molar-refractivity contribution in [2.24, 2.45) is 0 Å². The normalized spacial score (nSPS) is 23.1. The Kier molecular flexibility index (Phi) is 9.50. The van der Waals surface area contributed by atoms with Crippen LogP contribution < -0.4 is 9.64 Å². The van der Waals surface area contributed by atoms with Crippen LogP contribution in [0.5, 0.6) is 5.75 Å². The first-order valence-corrected chi connectivity index (χ1v) is 12.3. The van der Waals surface area contributed by atoms with Crippen LogP contribution >= 0.6 is 24.8 Å². The lowest BCUT2D eigenvalue weighted by Crippen LogP contribution is -2.57. The molecule has 1 spiro atoms. The summed E-state index contributed by atoms with van der Waals surface area (Å²) in [4.78, 5) is 7.82. The number of ether oxygens (including phenoxy) is 1. The highest BCUT2D eigenvalue weighted by Crippen LogP contribution is 2.40. The number of hydrogen-bond acceptors (Lipinski definition) is 4. The van der Waals surface area contributed by atoms with Crippen LogP contribution in [0.15, 0.2) is 42.5 Å². The summed E-state index contributed by atoms with van der Waals surface area (Å²) in [5.41, 5.74) is 4.49. The molecule has 0 radical (unpaired) electrons. The van der Waals surface area contributed by atoms with E-state index in [1.807, 2.05) is 12.1 Å². The SMILES string of the molecule is COc1ccc2c(c1)CCC1(CCCCN1CCN1CCN(c3ccc(F)cc3)CC1)C2.Cl.Cl. The van der Waals surface area contributed by atoms with Gasteiger partial charge in [0.1, 0.15) is 11.6 Å². The highest BCUT2D eigenvalue weighted by molar-refractivity contribution is 5.85. The molecule has 2 fully saturated rings. The molecule has 2 aromatic rings. The van der Waals surface area contributed by atoms with Crippen LogP contribution in [-0.2, 0) is 12.8 Å². The van der Waals surface area contributed by atoms with Crippen LogP contribution in [0.3, 0.4) is 0 Å². The summed E-state index contributed by atoms with van der Waals surface area (Å²) in [6.07, 6.45) is 7.64. The number of anilines is 1. The second-order valence-corrected chi connectivity index (χ2v) is 9.79. The topological polar surface area (TPSA) is 19.0 Å². The standard InChI is InChI=1S/C27H36FN3O.2ClH/c1-32-26-9-4-23-21-27(12-10-22(23)20-26)11-2-3-13-31(27)19-16-29-14-17-30(18-15-29)25-7-5-24(28)6-8-25;;/h4-9,20H,2-3,10-19,21H2,1H3;2*1H. The molecular formula is C27H38Cl2FN3O. The number of fused-ring (bicyclic) bond motifs is 1. The van der Waals surface area contributed by atoms with Crippen molar-refractivity contribution < 1.29 is 9.13 Å². The first-order valence-electron chi connectivity index (χ1n) is 12.3. The molecule has 5 rings (SSSR count). The number of piperidine rings is 1. The number of piperazine rings is 1. The number of aryl methyl sites for hydroxylation is 1. The third-order valence-corrected chi connectivity index (χ3v) is 8.03. The third kappa shape index (κ3) is 5.81. The van der Waals surface area contributed by atoms with Crippen LogP contribution in [0.4, 0.5) is 10.1 Å². The Morgan fingerprint density at radius 1 is 0.853 bits per heavy atom. The van der Waals surface area contributed by atoms with Gasteiger partial charge in [0.25, 0.3) is 0 Å². The minimum atomic E-state index is -0.160. The van der Waals surface area contributed by atoms with E-state index in [-0.39, 0.29) is 30.6 Å². The van der Waals surface area contributed by atoms with Gasteiger partial charge >= 0.3 is 0 Å². The van der Waals surface area contributed by atoms with E-state index in [0.717, 1.165) is 44.2 Å². The van der Waals surface area contributed by atoms with Gasteiger partial charge in [0, 0.05) is 50.5 Å². The highest BCUT2D eigenvalue weighted by Gasteiger charge is 2.41. The summed E-state index contributed by atoms with van der Waals surface area (Å²) >= 11 is 0. The lowest BCUT2D eigenvalue weighted by molar-refractivity contribution is 0.0252. The Balaban J connectivity index is 0.00000162. The van der Waals surface area contributed by atoms with E-state index in [4.69, 9.17) is 4.74 Å². The fourth-order valence-corrected chi connectivity index (χ4v) is 6.07. The third-order valence-electron chi connectivity index (χ3n) is 8.03. The number of nitrogens with zero attached hydrogens (tertiary/aromatic N) is 3. The lowest BCUT2D eigenvalue weighted by atomic mass is 9.72. The van der Waals surface area contributed by atoms with Crippen molar-refractivity contribution in [3.63, 3.8) is 0 Å². The van der Waals surface area contributed by atoms with Gasteiger partial charge in [-0.25, -0.2) is 4.39 Å². The Morgan fingerprint density at radius 3 is 2.35 bits per heavy atom. The zero-order valence-corrected chi connectivity index (χ0v) is 21.8. The molecule has 1 unspecified atom stereocenters. The zero-order chi connectivity index (χ0) is 22.0. The first-order chi connectivity index (χ1) is 15.6. The molecule has 0 saturated carbocycles. The van der Waals surface area contributed by atoms with Crippen molar-refractivity contribution in [1.29, 1.82) is 0 Å². The average molecular weight is 511 g/mol. The minimum absolute atomic E-state index is 0. The fourth-order valence-electron chi connectivity index (χ4n) is 6.07. The summed E-state index contributed by atoms with van der Waals surface area (Å²) in [5, 5.41) is 0. The monoisotopic (exact) mass is 509 g/mol. The van der Waals surface area contributed by atoms with E-state index in [1.165, 1.54) is 62.7 Å². The largest absolute Gasteiger partial charge is 0.497 e. The van der Waals surface area contributed by atoms with E-state index < -0.39 is 0 Å². The number of likely N-dealkylation sites (tertiary alicyclic amines) is 1. The molecule has 4 nitrogen and oxygen atoms in total. The fraction of sp³-hybridized carbons (Fsp3) is 0.556. The van der Waals surface area contributed by atoms with E-state index in [0.29, 0.717) is 5.54 Å². The molecule has 2 heterocycles. The molecule has 188 valence electrons. The predicted octanol–water partition coefficient (Wildman–Crippen LogP) is 5.21. The number of hydrogen-bond donors (Lipinski definition) is 0. The van der Waals surface area contributed by atoms with E-state index in [1.54, 1.807) is 19.2 Å². The van der Waals surface area contributed by atoms with Crippen LogP contribution in [0, 0.1) is 5.82 Å². The van der Waals surface area contributed by atoms with Crippen molar-refractivity contribution in [2.75, 3.05) is 57.8 Å². The van der Waals surface area contributed by atoms with Gasteiger partial charge in [-0.2, -0.15) is 0 Å². The van der Waals surface area contributed by atoms with Gasteiger partial charge in [-0.1, -0.05) is 12.5 Å². The highest BCUT2D eigenvalue weighted by atomic mass is 35.5. The van der Waals surface area contributed by atoms with Gasteiger partial charge in [-0.3, -0.25) is 9.80 Å². The van der Waals surface area contributed by atoms with E-state index in [9.17, 15) is 4.39 Å². The van der Waals surface area contributed by atoms with Gasteiger partial charge < -0.3 is 9.64 Å². The number of benzene rings is 2. The van der Waals surface area contributed by atoms with Crippen molar-refractivity contribution in [1.82, 2.24) is 9.80 Å². The average Bonchev–Trinajstić information content (AvgIpc) is 2.84. The van der Waals surface area contributed by atoms with Crippen LogP contribution in [0.25, 0.3) is 0 Å². The maximum atomic E-state index is 13.2. The molecule has 0 aromatic heterocycles. The van der Waals surface area contributed by atoms with Crippen molar-refractivity contribution in [2.45, 2.75) is 44.1 Å². The molecule has 2 aliphatic heterocycles. The van der Waals surface area contributed by atoms with Gasteiger partial charge in [-0.15, -0.1) is 24.8 Å². The summed E-state index contributed by atoms with van der Waals surface area (Å²) < 4.78 is 18.7. The maximum absolute atomic E-state index is 13.2. The molecule has 2 saturated heterocycles. The smallest absolute Gasteiger partial charge is 0.123 e. The molecule has 1 atom stereocenters. The van der Waals surface area contributed by atoms with Crippen molar-refractivity contribution >= 4 is 30.5 Å². The minimum Gasteiger partial charge on any atom is -0.497 e. The van der Waals surface area contributed by atoms with Gasteiger partial charge in [-0.05, 0) is 86.2 Å². The van der Waals surface area contributed by atoms with Gasteiger partial charge in [0.05, 0.1) is 7.11 Å². The second kappa shape index (κ2) is 11.9. The Morgan fingerprint density at radius 2 is 1.62 bits per heavy atom. The second-order valence-electron chi connectivity index (χ2n) is 9.79. The molecule has 7 heteroatoms. The number of rotatable bonds is 5. The molecule has 0 bridgehead atoms. The molecule has 34 heavy (non-hydrogen) atoms. The van der Waals surface area contributed by atoms with Gasteiger partial charge in [0.2, 0.25) is 0 Å². The zero-order valence-electron chi connectivity index (χ0n) is 20.2. The quantitative estimate of drug-likeness (QED) is 0.550. The van der Waals surface area contributed by atoms with Gasteiger partial charge in [0.15, 0.2) is 0 Å². The lowest BCUT2D eigenvalue weighted by Gasteiger charge is -2.51. The van der Waals surface area contributed by atoms with E-state index >= 15 is 0 Å². The number of halogens is 3. The molecule has 0 N–H and O–H groups in total. The summed E-state index contributed by atoms with van der Waals surface area (Å²) in [6.45, 7) is 7.76. The summed E-state index contributed by atoms with van der Waals surface area (Å²) in [6, 6.07) is 13.6. The molecule has 3 aliphatic rings. The van der Waals surface area contributed by atoms with Crippen LogP contribution in [-0.4, -0.2) is 68.3 Å². The van der Waals surface area contributed by atoms with Crippen molar-refractivity contribution in [3.05, 3.63) is 59.4 Å². The Labute approximate surface area is 216 Å². The molecular weight excluding hydrogens is 472 g/mol. The number of methoxy groups -OCH3 is 1. The van der Waals surface area contributed by atoms with Crippen LogP contribution in [0.1, 0.15) is 36.8 Å². The molecule has 1 aliphatic carbocycles. The predicted molar refractivity (Wildman–Crippen MR) is 143 cm³/mol. The van der Waals surface area contributed by atoms with Crippen molar-refractivity contribution in [3.8, 4) is 5.75 Å². The van der Waals surface area contributed by atoms with E-state index in [2.05, 4.69) is 32.9 Å². The summed E-state index contributed by atoms with van der Waals surface area (Å²) in [7, 11) is 1.76. The van der Waals surface area contributed by atoms with Crippen LogP contribution in [0.2, 0.25) is 0 Å². The Bertz CT molecular complexity index is 921. The summed E-state index contributed by atoms with van der Waals surface area (Å²) in [5.74, 6) is 0.826. The Hall–Kier alpha value is -1.53.